The monoisotopic (exact) mass is 274 g/mol. The molecule has 0 saturated carbocycles. The third-order valence-electron chi connectivity index (χ3n) is 3.13. The van der Waals surface area contributed by atoms with Crippen LogP contribution in [0.15, 0.2) is 12.1 Å². The van der Waals surface area contributed by atoms with Crippen molar-refractivity contribution in [1.29, 1.82) is 0 Å². The molecular weight excluding hydrogens is 257 g/mol. The molecule has 1 atom stereocenters. The fourth-order valence-corrected chi connectivity index (χ4v) is 1.74. The highest BCUT2D eigenvalue weighted by Crippen LogP contribution is 2.18. The Hall–Kier alpha value is -1.56. The van der Waals surface area contributed by atoms with E-state index in [0.717, 1.165) is 0 Å². The van der Waals surface area contributed by atoms with E-state index in [4.69, 9.17) is 5.73 Å². The number of carbonyl (C=O) groups is 1. The Kier molecular flexibility index (Phi) is 4.94. The lowest BCUT2D eigenvalue weighted by molar-refractivity contribution is 0.0891. The van der Waals surface area contributed by atoms with Gasteiger partial charge in [-0.3, -0.25) is 4.79 Å². The van der Waals surface area contributed by atoms with Crippen molar-refractivity contribution in [2.75, 3.05) is 6.54 Å². The van der Waals surface area contributed by atoms with Gasteiger partial charge in [-0.15, -0.1) is 0 Å². The third kappa shape index (κ3) is 3.70. The molecule has 1 unspecified atom stereocenters. The van der Waals surface area contributed by atoms with E-state index < -0.39 is 34.5 Å². The SMILES string of the molecule is CCC(C)(CCN)NC(=O)c1c(F)cc(F)cc1F. The van der Waals surface area contributed by atoms with Crippen LogP contribution in [0.5, 0.6) is 0 Å². The van der Waals surface area contributed by atoms with Gasteiger partial charge in [0.1, 0.15) is 23.0 Å². The van der Waals surface area contributed by atoms with E-state index in [1.165, 1.54) is 0 Å². The molecule has 0 aliphatic carbocycles. The van der Waals surface area contributed by atoms with Gasteiger partial charge in [-0.05, 0) is 26.3 Å². The molecule has 1 rings (SSSR count). The summed E-state index contributed by atoms with van der Waals surface area (Å²) in [6, 6.07) is 0.953. The zero-order valence-corrected chi connectivity index (χ0v) is 10.9. The van der Waals surface area contributed by atoms with Gasteiger partial charge in [-0.1, -0.05) is 6.92 Å². The van der Waals surface area contributed by atoms with Crippen molar-refractivity contribution in [2.24, 2.45) is 5.73 Å². The topological polar surface area (TPSA) is 55.1 Å². The van der Waals surface area contributed by atoms with Gasteiger partial charge in [0.15, 0.2) is 0 Å². The zero-order chi connectivity index (χ0) is 14.6. The molecule has 19 heavy (non-hydrogen) atoms. The Morgan fingerprint density at radius 2 is 1.84 bits per heavy atom. The van der Waals surface area contributed by atoms with Crippen molar-refractivity contribution in [1.82, 2.24) is 5.32 Å². The van der Waals surface area contributed by atoms with Crippen LogP contribution in [0.4, 0.5) is 13.2 Å². The van der Waals surface area contributed by atoms with Crippen molar-refractivity contribution >= 4 is 5.91 Å². The van der Waals surface area contributed by atoms with Crippen LogP contribution < -0.4 is 11.1 Å². The van der Waals surface area contributed by atoms with Gasteiger partial charge in [0.2, 0.25) is 0 Å². The lowest BCUT2D eigenvalue weighted by Crippen LogP contribution is -2.47. The van der Waals surface area contributed by atoms with Gasteiger partial charge in [-0.25, -0.2) is 13.2 Å². The van der Waals surface area contributed by atoms with E-state index in [9.17, 15) is 18.0 Å². The molecule has 0 aliphatic rings. The largest absolute Gasteiger partial charge is 0.347 e. The summed E-state index contributed by atoms with van der Waals surface area (Å²) in [4.78, 5) is 11.9. The lowest BCUT2D eigenvalue weighted by atomic mass is 9.94. The Labute approximate surface area is 110 Å². The zero-order valence-electron chi connectivity index (χ0n) is 10.9. The van der Waals surface area contributed by atoms with Crippen molar-refractivity contribution < 1.29 is 18.0 Å². The molecule has 0 bridgehead atoms. The highest BCUT2D eigenvalue weighted by atomic mass is 19.1. The van der Waals surface area contributed by atoms with Gasteiger partial charge in [-0.2, -0.15) is 0 Å². The molecule has 0 aromatic heterocycles. The van der Waals surface area contributed by atoms with Crippen LogP contribution in [0.1, 0.15) is 37.0 Å². The molecule has 1 aromatic carbocycles. The van der Waals surface area contributed by atoms with E-state index in [0.29, 0.717) is 31.5 Å². The lowest BCUT2D eigenvalue weighted by Gasteiger charge is -2.29. The quantitative estimate of drug-likeness (QED) is 0.866. The summed E-state index contributed by atoms with van der Waals surface area (Å²) >= 11 is 0. The van der Waals surface area contributed by atoms with Crippen LogP contribution in [0.25, 0.3) is 0 Å². The molecule has 6 heteroatoms. The van der Waals surface area contributed by atoms with Gasteiger partial charge < -0.3 is 11.1 Å². The number of carbonyl (C=O) groups excluding carboxylic acids is 1. The minimum Gasteiger partial charge on any atom is -0.347 e. The van der Waals surface area contributed by atoms with E-state index in [2.05, 4.69) is 5.32 Å². The maximum atomic E-state index is 13.5. The number of nitrogens with one attached hydrogen (secondary N) is 1. The fourth-order valence-electron chi connectivity index (χ4n) is 1.74. The highest BCUT2D eigenvalue weighted by Gasteiger charge is 2.27. The molecule has 0 radical (unpaired) electrons. The standard InChI is InChI=1S/C13H17F3N2O/c1-3-13(2,4-5-17)18-12(19)11-9(15)6-8(14)7-10(11)16/h6-7H,3-5,17H2,1-2H3,(H,18,19). The number of hydrogen-bond acceptors (Lipinski definition) is 2. The molecule has 1 aromatic rings. The van der Waals surface area contributed by atoms with Crippen LogP contribution in [0, 0.1) is 17.5 Å². The molecule has 3 nitrogen and oxygen atoms in total. The number of rotatable bonds is 5. The highest BCUT2D eigenvalue weighted by molar-refractivity contribution is 5.95. The summed E-state index contributed by atoms with van der Waals surface area (Å²) in [6.07, 6.45) is 1.03. The van der Waals surface area contributed by atoms with Gasteiger partial charge >= 0.3 is 0 Å². The Morgan fingerprint density at radius 3 is 2.26 bits per heavy atom. The minimum atomic E-state index is -1.22. The van der Waals surface area contributed by atoms with Crippen LogP contribution in [0.2, 0.25) is 0 Å². The van der Waals surface area contributed by atoms with Crippen LogP contribution >= 0.6 is 0 Å². The average Bonchev–Trinajstić information content (AvgIpc) is 2.27. The van der Waals surface area contributed by atoms with Crippen LogP contribution in [0.3, 0.4) is 0 Å². The summed E-state index contributed by atoms with van der Waals surface area (Å²) in [5, 5.41) is 2.54. The van der Waals surface area contributed by atoms with Gasteiger partial charge in [0.25, 0.3) is 5.91 Å². The summed E-state index contributed by atoms with van der Waals surface area (Å²) in [5.74, 6) is -4.41. The number of benzene rings is 1. The molecular formula is C13H17F3N2O. The van der Waals surface area contributed by atoms with E-state index in [1.807, 2.05) is 6.92 Å². The molecule has 0 heterocycles. The van der Waals surface area contributed by atoms with Gasteiger partial charge in [0, 0.05) is 17.7 Å². The number of hydrogen-bond donors (Lipinski definition) is 2. The van der Waals surface area contributed by atoms with Crippen molar-refractivity contribution in [3.8, 4) is 0 Å². The normalized spacial score (nSPS) is 14.0. The maximum Gasteiger partial charge on any atom is 0.257 e. The smallest absolute Gasteiger partial charge is 0.257 e. The number of amides is 1. The molecule has 1 amide bonds. The third-order valence-corrected chi connectivity index (χ3v) is 3.13. The van der Waals surface area contributed by atoms with E-state index in [1.54, 1.807) is 6.92 Å². The summed E-state index contributed by atoms with van der Waals surface area (Å²) < 4.78 is 39.7. The Morgan fingerprint density at radius 1 is 1.32 bits per heavy atom. The second-order valence-electron chi connectivity index (χ2n) is 4.65. The molecule has 0 fully saturated rings. The average molecular weight is 274 g/mol. The van der Waals surface area contributed by atoms with Crippen molar-refractivity contribution in [3.63, 3.8) is 0 Å². The Bertz CT molecular complexity index is 456. The van der Waals surface area contributed by atoms with Crippen molar-refractivity contribution in [2.45, 2.75) is 32.2 Å². The maximum absolute atomic E-state index is 13.5. The molecule has 0 saturated heterocycles. The minimum absolute atomic E-state index is 0.332. The number of halogens is 3. The van der Waals surface area contributed by atoms with Gasteiger partial charge in [0.05, 0.1) is 0 Å². The first-order valence-corrected chi connectivity index (χ1v) is 6.00. The predicted octanol–water partition coefficient (Wildman–Crippen LogP) is 2.35. The first kappa shape index (κ1) is 15.5. The number of nitrogens with two attached hydrogens (primary N) is 1. The van der Waals surface area contributed by atoms with Crippen LogP contribution in [-0.2, 0) is 0 Å². The second kappa shape index (κ2) is 6.06. The summed E-state index contributed by atoms with van der Waals surface area (Å²) in [6.45, 7) is 3.89. The Balaban J connectivity index is 3.02. The second-order valence-corrected chi connectivity index (χ2v) is 4.65. The first-order chi connectivity index (χ1) is 8.83. The van der Waals surface area contributed by atoms with Crippen molar-refractivity contribution in [3.05, 3.63) is 35.1 Å². The molecule has 3 N–H and O–H groups in total. The molecule has 0 spiro atoms. The predicted molar refractivity (Wildman–Crippen MR) is 66.1 cm³/mol. The molecule has 0 aliphatic heterocycles. The van der Waals surface area contributed by atoms with E-state index >= 15 is 0 Å². The fraction of sp³-hybridized carbons (Fsp3) is 0.462. The summed E-state index contributed by atoms with van der Waals surface area (Å²) in [7, 11) is 0. The molecule has 106 valence electrons. The first-order valence-electron chi connectivity index (χ1n) is 6.00. The van der Waals surface area contributed by atoms with E-state index in [-0.39, 0.29) is 0 Å². The summed E-state index contributed by atoms with van der Waals surface area (Å²) in [5.41, 5.74) is 4.00. The van der Waals surface area contributed by atoms with Crippen LogP contribution in [-0.4, -0.2) is 18.0 Å².